The minimum Gasteiger partial charge on any atom is -0.322 e. The van der Waals surface area contributed by atoms with Crippen LogP contribution in [0.2, 0.25) is 0 Å². The van der Waals surface area contributed by atoms with E-state index in [1.165, 1.54) is 0 Å². The van der Waals surface area contributed by atoms with Crippen LogP contribution in [-0.4, -0.2) is 20.6 Å². The van der Waals surface area contributed by atoms with Gasteiger partial charge in [0.1, 0.15) is 0 Å². The Morgan fingerprint density at radius 1 is 0.833 bits per heavy atom. The second kappa shape index (κ2) is 6.33. The van der Waals surface area contributed by atoms with Crippen molar-refractivity contribution < 1.29 is 13.2 Å². The third-order valence-electron chi connectivity index (χ3n) is 3.48. The third kappa shape index (κ3) is 3.72. The van der Waals surface area contributed by atoms with Gasteiger partial charge in [-0.3, -0.25) is 9.52 Å². The standard InChI is InChI=1S/C18H16N2O3S/c1-24(22,23)20-15-11-9-14(10-12-15)19-18(21)17-8-4-6-13-5-2-3-7-16(13)17/h2-12,20H,1H3,(H,19,21). The van der Waals surface area contributed by atoms with Crippen molar-refractivity contribution in [1.82, 2.24) is 0 Å². The quantitative estimate of drug-likeness (QED) is 0.764. The minimum atomic E-state index is -3.32. The Kier molecular flexibility index (Phi) is 4.22. The van der Waals surface area contributed by atoms with Gasteiger partial charge in [0.2, 0.25) is 10.0 Å². The van der Waals surface area contributed by atoms with Gasteiger partial charge in [0, 0.05) is 16.9 Å². The van der Waals surface area contributed by atoms with Gasteiger partial charge in [0.05, 0.1) is 6.26 Å². The number of sulfonamides is 1. The molecule has 0 unspecified atom stereocenters. The smallest absolute Gasteiger partial charge is 0.256 e. The maximum Gasteiger partial charge on any atom is 0.256 e. The number of rotatable bonds is 4. The summed E-state index contributed by atoms with van der Waals surface area (Å²) in [5, 5.41) is 4.70. The Morgan fingerprint density at radius 3 is 2.17 bits per heavy atom. The van der Waals surface area contributed by atoms with Crippen molar-refractivity contribution in [2.75, 3.05) is 16.3 Å². The van der Waals surface area contributed by atoms with Crippen LogP contribution < -0.4 is 10.0 Å². The SMILES string of the molecule is CS(=O)(=O)Nc1ccc(NC(=O)c2cccc3ccccc23)cc1. The Balaban J connectivity index is 1.82. The van der Waals surface area contributed by atoms with E-state index in [0.717, 1.165) is 17.0 Å². The van der Waals surface area contributed by atoms with Crippen LogP contribution in [0.4, 0.5) is 11.4 Å². The summed E-state index contributed by atoms with van der Waals surface area (Å²) in [7, 11) is -3.32. The molecule has 0 aromatic heterocycles. The summed E-state index contributed by atoms with van der Waals surface area (Å²) >= 11 is 0. The van der Waals surface area contributed by atoms with E-state index in [-0.39, 0.29) is 5.91 Å². The average molecular weight is 340 g/mol. The molecule has 1 amide bonds. The van der Waals surface area contributed by atoms with E-state index in [2.05, 4.69) is 10.0 Å². The molecule has 3 aromatic rings. The molecule has 0 saturated carbocycles. The van der Waals surface area contributed by atoms with Crippen LogP contribution in [0, 0.1) is 0 Å². The molecule has 0 aliphatic heterocycles. The number of carbonyl (C=O) groups excluding carboxylic acids is 1. The number of hydrogen-bond acceptors (Lipinski definition) is 3. The van der Waals surface area contributed by atoms with Crippen LogP contribution in [0.25, 0.3) is 10.8 Å². The van der Waals surface area contributed by atoms with E-state index >= 15 is 0 Å². The first-order valence-electron chi connectivity index (χ1n) is 7.29. The maximum atomic E-state index is 12.5. The molecule has 3 rings (SSSR count). The predicted molar refractivity (Wildman–Crippen MR) is 96.8 cm³/mol. The Hall–Kier alpha value is -2.86. The van der Waals surface area contributed by atoms with Gasteiger partial charge in [-0.1, -0.05) is 36.4 Å². The zero-order valence-electron chi connectivity index (χ0n) is 13.0. The predicted octanol–water partition coefficient (Wildman–Crippen LogP) is 3.46. The molecule has 0 aliphatic rings. The number of fused-ring (bicyclic) bond motifs is 1. The molecular weight excluding hydrogens is 324 g/mol. The normalized spacial score (nSPS) is 11.2. The topological polar surface area (TPSA) is 75.3 Å². The van der Waals surface area contributed by atoms with Crippen molar-refractivity contribution in [2.24, 2.45) is 0 Å². The summed E-state index contributed by atoms with van der Waals surface area (Å²) in [6.07, 6.45) is 1.09. The summed E-state index contributed by atoms with van der Waals surface area (Å²) < 4.78 is 24.8. The van der Waals surface area contributed by atoms with Gasteiger partial charge in [-0.25, -0.2) is 8.42 Å². The van der Waals surface area contributed by atoms with E-state index in [9.17, 15) is 13.2 Å². The van der Waals surface area contributed by atoms with Crippen LogP contribution in [0.1, 0.15) is 10.4 Å². The fourth-order valence-corrected chi connectivity index (χ4v) is 3.02. The first kappa shape index (κ1) is 16.0. The van der Waals surface area contributed by atoms with E-state index < -0.39 is 10.0 Å². The molecule has 5 nitrogen and oxygen atoms in total. The summed E-state index contributed by atoms with van der Waals surface area (Å²) in [5.41, 5.74) is 1.62. The second-order valence-electron chi connectivity index (χ2n) is 5.43. The summed E-state index contributed by atoms with van der Waals surface area (Å²) in [4.78, 5) is 12.5. The highest BCUT2D eigenvalue weighted by Gasteiger charge is 2.10. The van der Waals surface area contributed by atoms with Gasteiger partial charge < -0.3 is 5.32 Å². The Morgan fingerprint density at radius 2 is 1.46 bits per heavy atom. The molecule has 122 valence electrons. The highest BCUT2D eigenvalue weighted by atomic mass is 32.2. The molecule has 6 heteroatoms. The number of amides is 1. The summed E-state index contributed by atoms with van der Waals surface area (Å²) in [6, 6.07) is 19.8. The molecule has 0 aliphatic carbocycles. The Labute approximate surface area is 140 Å². The lowest BCUT2D eigenvalue weighted by atomic mass is 10.0. The third-order valence-corrected chi connectivity index (χ3v) is 4.09. The molecule has 24 heavy (non-hydrogen) atoms. The van der Waals surface area contributed by atoms with Gasteiger partial charge in [0.25, 0.3) is 5.91 Å². The monoisotopic (exact) mass is 340 g/mol. The first-order chi connectivity index (χ1) is 11.4. The number of carbonyl (C=O) groups is 1. The lowest BCUT2D eigenvalue weighted by molar-refractivity contribution is 0.102. The highest BCUT2D eigenvalue weighted by molar-refractivity contribution is 7.92. The van der Waals surface area contributed by atoms with Crippen molar-refractivity contribution in [3.05, 3.63) is 72.3 Å². The Bertz CT molecular complexity index is 991. The van der Waals surface area contributed by atoms with Gasteiger partial charge >= 0.3 is 0 Å². The molecule has 0 atom stereocenters. The molecule has 0 bridgehead atoms. The molecule has 0 spiro atoms. The van der Waals surface area contributed by atoms with Crippen molar-refractivity contribution in [3.63, 3.8) is 0 Å². The van der Waals surface area contributed by atoms with Gasteiger partial charge in [-0.15, -0.1) is 0 Å². The van der Waals surface area contributed by atoms with Crippen LogP contribution in [0.3, 0.4) is 0 Å². The van der Waals surface area contributed by atoms with Crippen LogP contribution in [0.15, 0.2) is 66.7 Å². The molecule has 0 fully saturated rings. The number of hydrogen-bond donors (Lipinski definition) is 2. The highest BCUT2D eigenvalue weighted by Crippen LogP contribution is 2.20. The molecule has 0 heterocycles. The lowest BCUT2D eigenvalue weighted by Crippen LogP contribution is -2.13. The number of nitrogens with one attached hydrogen (secondary N) is 2. The van der Waals surface area contributed by atoms with E-state index in [1.54, 1.807) is 30.3 Å². The van der Waals surface area contributed by atoms with E-state index in [0.29, 0.717) is 16.9 Å². The fraction of sp³-hybridized carbons (Fsp3) is 0.0556. The lowest BCUT2D eigenvalue weighted by Gasteiger charge is -2.09. The maximum absolute atomic E-state index is 12.5. The van der Waals surface area contributed by atoms with Crippen LogP contribution in [0.5, 0.6) is 0 Å². The van der Waals surface area contributed by atoms with Crippen molar-refractivity contribution >= 4 is 38.1 Å². The zero-order valence-corrected chi connectivity index (χ0v) is 13.8. The number of benzene rings is 3. The molecule has 3 aromatic carbocycles. The van der Waals surface area contributed by atoms with Crippen molar-refractivity contribution in [3.8, 4) is 0 Å². The van der Waals surface area contributed by atoms with E-state index in [1.807, 2.05) is 36.4 Å². The van der Waals surface area contributed by atoms with Gasteiger partial charge in [0.15, 0.2) is 0 Å². The molecule has 0 radical (unpaired) electrons. The first-order valence-corrected chi connectivity index (χ1v) is 9.18. The van der Waals surface area contributed by atoms with Gasteiger partial charge in [-0.2, -0.15) is 0 Å². The number of anilines is 2. The summed E-state index contributed by atoms with van der Waals surface area (Å²) in [6.45, 7) is 0. The zero-order chi connectivity index (χ0) is 17.2. The largest absolute Gasteiger partial charge is 0.322 e. The minimum absolute atomic E-state index is 0.212. The van der Waals surface area contributed by atoms with Crippen molar-refractivity contribution in [2.45, 2.75) is 0 Å². The van der Waals surface area contributed by atoms with Crippen molar-refractivity contribution in [1.29, 1.82) is 0 Å². The molecular formula is C18H16N2O3S. The van der Waals surface area contributed by atoms with E-state index in [4.69, 9.17) is 0 Å². The van der Waals surface area contributed by atoms with Crippen LogP contribution >= 0.6 is 0 Å². The fourth-order valence-electron chi connectivity index (χ4n) is 2.46. The second-order valence-corrected chi connectivity index (χ2v) is 7.18. The van der Waals surface area contributed by atoms with Crippen LogP contribution in [-0.2, 0) is 10.0 Å². The molecule has 0 saturated heterocycles. The van der Waals surface area contributed by atoms with Gasteiger partial charge in [-0.05, 0) is 41.1 Å². The summed E-state index contributed by atoms with van der Waals surface area (Å²) in [5.74, 6) is -0.212. The average Bonchev–Trinajstić information content (AvgIpc) is 2.55. The molecule has 2 N–H and O–H groups in total.